The van der Waals surface area contributed by atoms with E-state index in [4.69, 9.17) is 14.4 Å². The molecular weight excluding hydrogens is 763 g/mol. The molecular formula is C48H29N3O9. The molecule has 0 saturated carbocycles. The Labute approximate surface area is 339 Å². The smallest absolute Gasteiger partial charge is 0.335 e. The summed E-state index contributed by atoms with van der Waals surface area (Å²) in [5.41, 5.74) is 9.53. The molecule has 0 spiro atoms. The van der Waals surface area contributed by atoms with E-state index in [2.05, 4.69) is 4.98 Å². The molecule has 0 fully saturated rings. The number of hydrogen-bond acceptors (Lipinski definition) is 7. The summed E-state index contributed by atoms with van der Waals surface area (Å²) < 4.78 is 6.71. The van der Waals surface area contributed by atoms with Crippen LogP contribution in [0.4, 0.5) is 0 Å². The maximum Gasteiger partial charge on any atom is 0.335 e. The van der Waals surface area contributed by atoms with E-state index >= 15 is 0 Å². The molecule has 12 nitrogen and oxygen atoms in total. The minimum atomic E-state index is -1.08. The van der Waals surface area contributed by atoms with Crippen LogP contribution in [0.25, 0.3) is 91.0 Å². The van der Waals surface area contributed by atoms with E-state index in [1.807, 2.05) is 36.4 Å². The first kappa shape index (κ1) is 37.0. The fourth-order valence-electron chi connectivity index (χ4n) is 7.41. The van der Waals surface area contributed by atoms with Crippen molar-refractivity contribution in [2.45, 2.75) is 0 Å². The highest BCUT2D eigenvalue weighted by Gasteiger charge is 2.21. The molecule has 0 radical (unpaired) electrons. The minimum Gasteiger partial charge on any atom is -0.478 e. The predicted octanol–water partition coefficient (Wildman–Crippen LogP) is 10.4. The van der Waals surface area contributed by atoms with Crippen LogP contribution in [0.3, 0.4) is 0 Å². The molecule has 7 aromatic rings. The predicted molar refractivity (Wildman–Crippen MR) is 226 cm³/mol. The molecule has 290 valence electrons. The Morgan fingerprint density at radius 1 is 0.367 bits per heavy atom. The van der Waals surface area contributed by atoms with Gasteiger partial charge in [-0.25, -0.2) is 29.1 Å². The van der Waals surface area contributed by atoms with Crippen LogP contribution >= 0.6 is 0 Å². The summed E-state index contributed by atoms with van der Waals surface area (Å²) in [6, 6.07) is 33.0. The van der Waals surface area contributed by atoms with Gasteiger partial charge in [0, 0.05) is 22.2 Å². The maximum atomic E-state index is 11.8. The summed E-state index contributed by atoms with van der Waals surface area (Å²) in [5, 5.41) is 38.7. The largest absolute Gasteiger partial charge is 0.478 e. The lowest BCUT2D eigenvalue weighted by Gasteiger charge is -2.07. The van der Waals surface area contributed by atoms with Crippen molar-refractivity contribution in [3.8, 4) is 44.5 Å². The topological polar surface area (TPSA) is 204 Å². The van der Waals surface area contributed by atoms with Crippen LogP contribution in [0.1, 0.15) is 64.2 Å². The second kappa shape index (κ2) is 14.7. The number of aromatic nitrogens is 3. The van der Waals surface area contributed by atoms with Crippen LogP contribution < -0.4 is 0 Å². The Balaban J connectivity index is 1.43. The Morgan fingerprint density at radius 2 is 0.633 bits per heavy atom. The molecule has 5 N–H and O–H groups in total. The van der Waals surface area contributed by atoms with Crippen LogP contribution in [-0.2, 0) is 0 Å². The number of carbonyl (C=O) groups is 4. The Hall–Kier alpha value is -8.64. The lowest BCUT2D eigenvalue weighted by atomic mass is 10.0. The number of aromatic carboxylic acids is 4. The van der Waals surface area contributed by atoms with Gasteiger partial charge in [0.25, 0.3) is 0 Å². The highest BCUT2D eigenvalue weighted by atomic mass is 16.4. The van der Waals surface area contributed by atoms with Crippen molar-refractivity contribution < 1.29 is 44.0 Å². The molecule has 0 unspecified atom stereocenters. The van der Waals surface area contributed by atoms with Crippen LogP contribution in [0.5, 0.6) is 0 Å². The second-order valence-corrected chi connectivity index (χ2v) is 13.9. The van der Waals surface area contributed by atoms with Gasteiger partial charge in [0.1, 0.15) is 11.2 Å². The SMILES string of the molecule is O=C(O)c1ccc(-c2c3nc(c(-c4ccc(C(=O)O)cc4)c4ccc(o4)c(-c4ccc(C(=O)O)cc4)c4nc(c(-c5ccc(C(=O)O)cc5)c5ccc2[nH]5)C=C4)C=C3)cc1. The minimum absolute atomic E-state index is 0.0966. The number of nitrogens with zero attached hydrogens (tertiary/aromatic N) is 2. The molecule has 0 saturated heterocycles. The number of benzene rings is 4. The van der Waals surface area contributed by atoms with Gasteiger partial charge in [-0.2, -0.15) is 0 Å². The third-order valence-electron chi connectivity index (χ3n) is 10.3. The van der Waals surface area contributed by atoms with Crippen LogP contribution in [0, 0.1) is 0 Å². The zero-order chi connectivity index (χ0) is 41.7. The Bertz CT molecular complexity index is 2750. The number of carboxylic acid groups (broad SMARTS) is 4. The van der Waals surface area contributed by atoms with E-state index in [1.54, 1.807) is 60.7 Å². The number of fused-ring (bicyclic) bond motifs is 8. The molecule has 12 heteroatoms. The van der Waals surface area contributed by atoms with E-state index < -0.39 is 23.9 Å². The fraction of sp³-hybridized carbons (Fsp3) is 0. The highest BCUT2D eigenvalue weighted by molar-refractivity contribution is 6.00. The van der Waals surface area contributed by atoms with E-state index in [-0.39, 0.29) is 22.3 Å². The molecule has 8 bridgehead atoms. The first-order valence-corrected chi connectivity index (χ1v) is 18.4. The molecule has 0 aliphatic carbocycles. The van der Waals surface area contributed by atoms with Gasteiger partial charge in [0.2, 0.25) is 0 Å². The third kappa shape index (κ3) is 6.69. The van der Waals surface area contributed by atoms with Crippen molar-refractivity contribution in [3.63, 3.8) is 0 Å². The molecule has 3 aromatic heterocycles. The lowest BCUT2D eigenvalue weighted by Crippen LogP contribution is -1.96. The fourth-order valence-corrected chi connectivity index (χ4v) is 7.41. The first-order chi connectivity index (χ1) is 29.0. The highest BCUT2D eigenvalue weighted by Crippen LogP contribution is 2.39. The Morgan fingerprint density at radius 3 is 0.917 bits per heavy atom. The first-order valence-electron chi connectivity index (χ1n) is 18.4. The summed E-state index contributed by atoms with van der Waals surface area (Å²) in [6.45, 7) is 0. The number of rotatable bonds is 8. The molecule has 60 heavy (non-hydrogen) atoms. The normalized spacial score (nSPS) is 11.7. The maximum absolute atomic E-state index is 11.8. The average molecular weight is 792 g/mol. The summed E-state index contributed by atoms with van der Waals surface area (Å²) in [5.74, 6) is -4.30. The number of aromatic amines is 1. The van der Waals surface area contributed by atoms with Gasteiger partial charge in [0.15, 0.2) is 0 Å². The van der Waals surface area contributed by atoms with E-state index in [9.17, 15) is 39.6 Å². The molecule has 2 aliphatic rings. The van der Waals surface area contributed by atoms with Crippen molar-refractivity contribution in [3.05, 3.63) is 166 Å². The molecule has 4 aromatic carbocycles. The number of carboxylic acids is 4. The monoisotopic (exact) mass is 791 g/mol. The van der Waals surface area contributed by atoms with Crippen LogP contribution in [0.15, 0.2) is 126 Å². The van der Waals surface area contributed by atoms with Crippen molar-refractivity contribution in [1.82, 2.24) is 15.0 Å². The number of furan rings is 1. The standard InChI is InChI=1S/C48H29N3O9/c52-45(53)29-9-1-25(2-10-29)41-33-17-18-34(49-33)42(26-3-11-30(12-4-26)46(54)55)36-20-22-38(51-36)44(28-7-15-32(16-8-28)48(58)59)40-24-23-39(60-40)43(37-21-19-35(41)50-37)27-5-13-31(14-6-27)47(56)57/h1-24,49H,(H,52,53)(H,54,55)(H,56,57)(H,58,59). The van der Waals surface area contributed by atoms with Gasteiger partial charge in [0.05, 0.1) is 56.2 Å². The van der Waals surface area contributed by atoms with E-state index in [0.29, 0.717) is 89.5 Å². The molecule has 0 atom stereocenters. The van der Waals surface area contributed by atoms with Gasteiger partial charge < -0.3 is 29.8 Å². The average Bonchev–Trinajstić information content (AvgIpc) is 4.10. The van der Waals surface area contributed by atoms with E-state index in [1.165, 1.54) is 48.5 Å². The number of nitrogens with one attached hydrogen (secondary N) is 1. The summed E-state index contributed by atoms with van der Waals surface area (Å²) in [6.07, 6.45) is 7.33. The molecule has 9 rings (SSSR count). The summed E-state index contributed by atoms with van der Waals surface area (Å²) in [7, 11) is 0. The number of hydrogen-bond donors (Lipinski definition) is 5. The molecule has 5 heterocycles. The van der Waals surface area contributed by atoms with Crippen LogP contribution in [0.2, 0.25) is 0 Å². The van der Waals surface area contributed by atoms with Gasteiger partial charge >= 0.3 is 23.9 Å². The third-order valence-corrected chi connectivity index (χ3v) is 10.3. The van der Waals surface area contributed by atoms with Gasteiger partial charge in [-0.15, -0.1) is 0 Å². The molecule has 0 amide bonds. The lowest BCUT2D eigenvalue weighted by molar-refractivity contribution is 0.0686. The zero-order valence-electron chi connectivity index (χ0n) is 31.1. The van der Waals surface area contributed by atoms with E-state index in [0.717, 1.165) is 0 Å². The Kier molecular flexibility index (Phi) is 9.06. The second-order valence-electron chi connectivity index (χ2n) is 13.9. The molecule has 2 aliphatic heterocycles. The van der Waals surface area contributed by atoms with Gasteiger partial charge in [-0.05, 0) is 119 Å². The number of H-pyrrole nitrogens is 1. The quantitative estimate of drug-likeness (QED) is 0.0979. The van der Waals surface area contributed by atoms with Gasteiger partial charge in [-0.3, -0.25) is 0 Å². The van der Waals surface area contributed by atoms with Crippen molar-refractivity contribution in [2.24, 2.45) is 0 Å². The summed E-state index contributed by atoms with van der Waals surface area (Å²) >= 11 is 0. The van der Waals surface area contributed by atoms with Crippen molar-refractivity contribution in [1.29, 1.82) is 0 Å². The van der Waals surface area contributed by atoms with Gasteiger partial charge in [-0.1, -0.05) is 48.5 Å². The summed E-state index contributed by atoms with van der Waals surface area (Å²) in [4.78, 5) is 61.1. The van der Waals surface area contributed by atoms with Crippen molar-refractivity contribution in [2.75, 3.05) is 0 Å². The van der Waals surface area contributed by atoms with Crippen molar-refractivity contribution >= 4 is 70.4 Å². The van der Waals surface area contributed by atoms with Crippen LogP contribution in [-0.4, -0.2) is 59.3 Å². The zero-order valence-corrected chi connectivity index (χ0v) is 31.1.